The van der Waals surface area contributed by atoms with Gasteiger partial charge in [0.05, 0.1) is 5.69 Å². The van der Waals surface area contributed by atoms with Crippen molar-refractivity contribution in [3.05, 3.63) is 51.5 Å². The van der Waals surface area contributed by atoms with E-state index in [4.69, 9.17) is 10.7 Å². The maximum atomic E-state index is 6.08. The van der Waals surface area contributed by atoms with E-state index in [-0.39, 0.29) is 11.5 Å². The van der Waals surface area contributed by atoms with Crippen molar-refractivity contribution in [3.8, 4) is 0 Å². The lowest BCUT2D eigenvalue weighted by Gasteiger charge is -2.27. The first kappa shape index (κ1) is 13.8. The predicted molar refractivity (Wildman–Crippen MR) is 85.1 cm³/mol. The summed E-state index contributed by atoms with van der Waals surface area (Å²) in [5.41, 5.74) is 8.74. The number of rotatable bonds is 3. The Morgan fingerprint density at radius 3 is 2.40 bits per heavy atom. The minimum Gasteiger partial charge on any atom is -0.323 e. The van der Waals surface area contributed by atoms with Crippen LogP contribution < -0.4 is 5.73 Å². The van der Waals surface area contributed by atoms with Crippen molar-refractivity contribution in [3.63, 3.8) is 0 Å². The Bertz CT molecular complexity index is 580. The molecule has 1 unspecified atom stereocenters. The van der Waals surface area contributed by atoms with Crippen LogP contribution in [-0.2, 0) is 5.41 Å². The summed E-state index contributed by atoms with van der Waals surface area (Å²) in [6, 6.07) is 11.0. The lowest BCUT2D eigenvalue weighted by Crippen LogP contribution is -2.23. The molecular weight excluding hydrogens is 264 g/mol. The zero-order valence-corrected chi connectivity index (χ0v) is 13.0. The van der Waals surface area contributed by atoms with E-state index >= 15 is 0 Å². The summed E-state index contributed by atoms with van der Waals surface area (Å²) < 4.78 is 0. The Kier molecular flexibility index (Phi) is 3.65. The number of nitrogens with two attached hydrogens (primary N) is 1. The van der Waals surface area contributed by atoms with E-state index in [2.05, 4.69) is 37.3 Å². The molecule has 1 aromatic carbocycles. The van der Waals surface area contributed by atoms with E-state index in [1.165, 1.54) is 41.1 Å². The number of aryl methyl sites for hydroxylation is 1. The van der Waals surface area contributed by atoms with Gasteiger partial charge in [0.2, 0.25) is 0 Å². The summed E-state index contributed by atoms with van der Waals surface area (Å²) in [6.07, 6.45) is 5.01. The fourth-order valence-corrected chi connectivity index (χ4v) is 4.68. The number of benzene rings is 1. The largest absolute Gasteiger partial charge is 0.323 e. The van der Waals surface area contributed by atoms with E-state index in [9.17, 15) is 0 Å². The first-order valence-corrected chi connectivity index (χ1v) is 8.24. The van der Waals surface area contributed by atoms with E-state index in [1.807, 2.05) is 18.3 Å². The lowest BCUT2D eigenvalue weighted by molar-refractivity contribution is 0.531. The maximum Gasteiger partial charge on any atom is 0.104 e. The van der Waals surface area contributed by atoms with Crippen LogP contribution in [0.25, 0.3) is 0 Å². The Morgan fingerprint density at radius 2 is 1.85 bits per heavy atom. The van der Waals surface area contributed by atoms with Gasteiger partial charge in [0.25, 0.3) is 0 Å². The minimum atomic E-state index is 0.0791. The molecule has 0 amide bonds. The van der Waals surface area contributed by atoms with Crippen LogP contribution in [0.3, 0.4) is 0 Å². The van der Waals surface area contributed by atoms with Crippen molar-refractivity contribution in [2.75, 3.05) is 0 Å². The molecule has 1 aromatic heterocycles. The summed E-state index contributed by atoms with van der Waals surface area (Å²) in [7, 11) is 0. The molecule has 20 heavy (non-hydrogen) atoms. The number of aromatic nitrogens is 1. The van der Waals surface area contributed by atoms with Crippen LogP contribution in [-0.4, -0.2) is 4.98 Å². The average Bonchev–Trinajstić information content (AvgIpc) is 3.07. The highest BCUT2D eigenvalue weighted by Crippen LogP contribution is 2.48. The Hall–Kier alpha value is -1.19. The van der Waals surface area contributed by atoms with Crippen molar-refractivity contribution in [2.45, 2.75) is 51.0 Å². The molecule has 1 atom stereocenters. The monoisotopic (exact) mass is 286 g/mol. The van der Waals surface area contributed by atoms with Gasteiger partial charge in [-0.05, 0) is 32.3 Å². The van der Waals surface area contributed by atoms with Gasteiger partial charge in [-0.2, -0.15) is 0 Å². The number of hydrogen-bond acceptors (Lipinski definition) is 3. The van der Waals surface area contributed by atoms with Crippen LogP contribution in [0.5, 0.6) is 0 Å². The molecule has 0 spiro atoms. The highest BCUT2D eigenvalue weighted by molar-refractivity contribution is 7.12. The van der Waals surface area contributed by atoms with Gasteiger partial charge in [-0.3, -0.25) is 0 Å². The Balaban J connectivity index is 2.10. The van der Waals surface area contributed by atoms with Gasteiger partial charge in [0, 0.05) is 16.3 Å². The van der Waals surface area contributed by atoms with Gasteiger partial charge in [-0.1, -0.05) is 43.2 Å². The highest BCUT2D eigenvalue weighted by Gasteiger charge is 2.40. The van der Waals surface area contributed by atoms with Crippen molar-refractivity contribution >= 4 is 11.3 Å². The van der Waals surface area contributed by atoms with Gasteiger partial charge >= 0.3 is 0 Å². The molecule has 1 saturated carbocycles. The van der Waals surface area contributed by atoms with Crippen LogP contribution >= 0.6 is 11.3 Å². The molecular formula is C17H22N2S. The molecule has 1 aliphatic rings. The SMILES string of the molecule is Cc1nc(C2(c3ccccc3)CCCC2)sc1C(C)N. The summed E-state index contributed by atoms with van der Waals surface area (Å²) in [6.45, 7) is 4.14. The molecule has 0 aliphatic heterocycles. The van der Waals surface area contributed by atoms with Crippen LogP contribution in [0.1, 0.15) is 59.8 Å². The summed E-state index contributed by atoms with van der Waals surface area (Å²) >= 11 is 1.82. The third-order valence-electron chi connectivity index (χ3n) is 4.44. The lowest BCUT2D eigenvalue weighted by atomic mass is 9.79. The zero-order chi connectivity index (χ0) is 14.2. The molecule has 1 aliphatic carbocycles. The predicted octanol–water partition coefficient (Wildman–Crippen LogP) is 4.33. The Morgan fingerprint density at radius 1 is 1.20 bits per heavy atom. The summed E-state index contributed by atoms with van der Waals surface area (Å²) in [4.78, 5) is 6.14. The standard InChI is InChI=1S/C17H22N2S/c1-12(18)15-13(2)19-16(20-15)17(10-6-7-11-17)14-8-4-3-5-9-14/h3-5,8-9,12H,6-7,10-11,18H2,1-2H3. The maximum absolute atomic E-state index is 6.08. The van der Waals surface area contributed by atoms with Crippen molar-refractivity contribution in [1.29, 1.82) is 0 Å². The minimum absolute atomic E-state index is 0.0791. The second kappa shape index (κ2) is 5.30. The third-order valence-corrected chi connectivity index (χ3v) is 6.00. The molecule has 1 fully saturated rings. The van der Waals surface area contributed by atoms with Gasteiger partial charge in [0.15, 0.2) is 0 Å². The molecule has 0 saturated heterocycles. The molecule has 3 rings (SSSR count). The van der Waals surface area contributed by atoms with E-state index in [1.54, 1.807) is 0 Å². The van der Waals surface area contributed by atoms with Crippen LogP contribution in [0.15, 0.2) is 30.3 Å². The van der Waals surface area contributed by atoms with E-state index in [0.29, 0.717) is 0 Å². The first-order valence-electron chi connectivity index (χ1n) is 7.42. The molecule has 2 aromatic rings. The molecule has 2 nitrogen and oxygen atoms in total. The quantitative estimate of drug-likeness (QED) is 0.912. The van der Waals surface area contributed by atoms with Crippen LogP contribution in [0, 0.1) is 6.92 Å². The second-order valence-electron chi connectivity index (χ2n) is 5.91. The van der Waals surface area contributed by atoms with Gasteiger partial charge in [-0.15, -0.1) is 11.3 Å². The Labute approximate surface area is 125 Å². The molecule has 106 valence electrons. The molecule has 0 radical (unpaired) electrons. The van der Waals surface area contributed by atoms with E-state index in [0.717, 1.165) is 5.69 Å². The second-order valence-corrected chi connectivity index (χ2v) is 6.94. The number of hydrogen-bond donors (Lipinski definition) is 1. The number of thiazole rings is 1. The first-order chi connectivity index (χ1) is 9.63. The molecule has 0 bridgehead atoms. The topological polar surface area (TPSA) is 38.9 Å². The van der Waals surface area contributed by atoms with Crippen molar-refractivity contribution in [2.24, 2.45) is 5.73 Å². The fraction of sp³-hybridized carbons (Fsp3) is 0.471. The van der Waals surface area contributed by atoms with Gasteiger partial charge in [-0.25, -0.2) is 4.98 Å². The summed E-state index contributed by atoms with van der Waals surface area (Å²) in [5, 5.41) is 1.27. The zero-order valence-electron chi connectivity index (χ0n) is 12.2. The third kappa shape index (κ3) is 2.19. The van der Waals surface area contributed by atoms with Crippen LogP contribution in [0.2, 0.25) is 0 Å². The van der Waals surface area contributed by atoms with Crippen LogP contribution in [0.4, 0.5) is 0 Å². The average molecular weight is 286 g/mol. The van der Waals surface area contributed by atoms with Gasteiger partial charge in [0.1, 0.15) is 5.01 Å². The smallest absolute Gasteiger partial charge is 0.104 e. The van der Waals surface area contributed by atoms with Crippen molar-refractivity contribution in [1.82, 2.24) is 4.98 Å². The summed E-state index contributed by atoms with van der Waals surface area (Å²) in [5.74, 6) is 0. The molecule has 2 N–H and O–H groups in total. The van der Waals surface area contributed by atoms with Crippen molar-refractivity contribution < 1.29 is 0 Å². The highest BCUT2D eigenvalue weighted by atomic mass is 32.1. The van der Waals surface area contributed by atoms with E-state index < -0.39 is 0 Å². The number of nitrogens with zero attached hydrogens (tertiary/aromatic N) is 1. The molecule has 3 heteroatoms. The molecule has 1 heterocycles. The fourth-order valence-electron chi connectivity index (χ4n) is 3.40. The normalized spacial score (nSPS) is 19.1. The van der Waals surface area contributed by atoms with Gasteiger partial charge < -0.3 is 5.73 Å².